The highest BCUT2D eigenvalue weighted by atomic mass is 31.2. The SMILES string of the molecule is CCCCCCCCCCCCCC/C=C\CCCCCCCCCCCCCCCCCCC(=O)NC(COP(=O)([O-])OCC[N+](C)(C)C)C(O)CCCCCCCCCCCCCCCCCCCCCCCC. The van der Waals surface area contributed by atoms with Crippen molar-refractivity contribution in [2.45, 2.75) is 373 Å². The fourth-order valence-electron chi connectivity index (χ4n) is 10.7. The first-order chi connectivity index (χ1) is 37.0. The molecule has 0 aliphatic rings. The van der Waals surface area contributed by atoms with Crippen LogP contribution in [0.5, 0.6) is 0 Å². The Kier molecular flexibility index (Phi) is 58.3. The van der Waals surface area contributed by atoms with E-state index in [1.54, 1.807) is 0 Å². The van der Waals surface area contributed by atoms with Crippen LogP contribution < -0.4 is 10.2 Å². The number of unbranched alkanes of at least 4 members (excludes halogenated alkanes) is 49. The summed E-state index contributed by atoms with van der Waals surface area (Å²) in [6.07, 6.45) is 74.2. The zero-order valence-corrected chi connectivity index (χ0v) is 52.9. The van der Waals surface area contributed by atoms with E-state index in [9.17, 15) is 19.4 Å². The van der Waals surface area contributed by atoms with Gasteiger partial charge in [0.15, 0.2) is 0 Å². The quantitative estimate of drug-likeness (QED) is 0.0272. The minimum atomic E-state index is -4.57. The number of phosphoric acid groups is 1. The smallest absolute Gasteiger partial charge is 0.268 e. The summed E-state index contributed by atoms with van der Waals surface area (Å²) in [6.45, 7) is 4.79. The predicted octanol–water partition coefficient (Wildman–Crippen LogP) is 20.7. The second-order valence-corrected chi connectivity index (χ2v) is 26.3. The summed E-state index contributed by atoms with van der Waals surface area (Å²) in [5.74, 6) is -0.156. The number of allylic oxidation sites excluding steroid dienone is 2. The van der Waals surface area contributed by atoms with Gasteiger partial charge in [-0.2, -0.15) is 0 Å². The van der Waals surface area contributed by atoms with Gasteiger partial charge in [0.2, 0.25) is 5.91 Å². The summed E-state index contributed by atoms with van der Waals surface area (Å²) < 4.78 is 23.5. The van der Waals surface area contributed by atoms with Gasteiger partial charge >= 0.3 is 0 Å². The lowest BCUT2D eigenvalue weighted by Gasteiger charge is -2.30. The number of nitrogens with zero attached hydrogens (tertiary/aromatic N) is 1. The van der Waals surface area contributed by atoms with Crippen LogP contribution in [0.3, 0.4) is 0 Å². The van der Waals surface area contributed by atoms with E-state index in [-0.39, 0.29) is 19.1 Å². The fourth-order valence-corrected chi connectivity index (χ4v) is 11.4. The minimum absolute atomic E-state index is 0.0156. The number of carbonyl (C=O) groups is 1. The van der Waals surface area contributed by atoms with Gasteiger partial charge < -0.3 is 28.8 Å². The van der Waals surface area contributed by atoms with Gasteiger partial charge in [-0.3, -0.25) is 9.36 Å². The van der Waals surface area contributed by atoms with Crippen molar-refractivity contribution in [3.8, 4) is 0 Å². The summed E-state index contributed by atoms with van der Waals surface area (Å²) in [4.78, 5) is 25.6. The van der Waals surface area contributed by atoms with Crippen LogP contribution in [0.4, 0.5) is 0 Å². The molecule has 0 heterocycles. The van der Waals surface area contributed by atoms with E-state index >= 15 is 0 Å². The molecule has 8 nitrogen and oxygen atoms in total. The van der Waals surface area contributed by atoms with Crippen LogP contribution in [0.25, 0.3) is 0 Å². The molecule has 0 aromatic rings. The number of likely N-dealkylation sites (N-methyl/N-ethyl adjacent to an activating group) is 1. The Morgan fingerprint density at radius 1 is 0.447 bits per heavy atom. The van der Waals surface area contributed by atoms with Crippen LogP contribution in [-0.2, 0) is 18.4 Å². The molecule has 1 amide bonds. The van der Waals surface area contributed by atoms with Crippen molar-refractivity contribution >= 4 is 13.7 Å². The Bertz CT molecular complexity index is 1240. The highest BCUT2D eigenvalue weighted by Crippen LogP contribution is 2.38. The molecule has 454 valence electrons. The molecule has 0 radical (unpaired) electrons. The molecular formula is C67H135N2O6P. The standard InChI is InChI=1S/C67H135N2O6P/c1-6-8-10-12-14-16-18-20-22-24-26-28-30-31-32-33-34-35-36-37-38-39-41-43-45-47-49-51-53-55-57-59-61-67(71)68-65(64-75-76(72,73)74-63-62-69(3,4)5)66(70)60-58-56-54-52-50-48-46-44-42-40-29-27-25-23-21-19-17-15-13-11-9-7-2/h31-32,65-66,70H,6-30,33-64H2,1-5H3,(H-,68,71,72,73)/b32-31-. The first-order valence-corrected chi connectivity index (χ1v) is 35.5. The van der Waals surface area contributed by atoms with Gasteiger partial charge in [-0.15, -0.1) is 0 Å². The Balaban J connectivity index is 3.99. The van der Waals surface area contributed by atoms with Crippen LogP contribution in [0.2, 0.25) is 0 Å². The van der Waals surface area contributed by atoms with Gasteiger partial charge in [0.25, 0.3) is 7.82 Å². The molecule has 0 bridgehead atoms. The summed E-state index contributed by atoms with van der Waals surface area (Å²) in [6, 6.07) is -0.798. The average molecular weight is 1100 g/mol. The number of phosphoric ester groups is 1. The number of aliphatic hydroxyl groups excluding tert-OH is 1. The number of nitrogens with one attached hydrogen (secondary N) is 1. The molecule has 0 saturated carbocycles. The van der Waals surface area contributed by atoms with E-state index in [1.165, 1.54) is 295 Å². The number of quaternary nitrogens is 1. The molecule has 3 atom stereocenters. The van der Waals surface area contributed by atoms with E-state index < -0.39 is 20.0 Å². The number of rotatable bonds is 64. The van der Waals surface area contributed by atoms with Crippen LogP contribution in [-0.4, -0.2) is 68.5 Å². The van der Waals surface area contributed by atoms with E-state index in [1.807, 2.05) is 21.1 Å². The third-order valence-electron chi connectivity index (χ3n) is 16.0. The fraction of sp³-hybridized carbons (Fsp3) is 0.955. The van der Waals surface area contributed by atoms with Crippen LogP contribution in [0, 0.1) is 0 Å². The molecule has 2 N–H and O–H groups in total. The number of hydrogen-bond acceptors (Lipinski definition) is 6. The highest BCUT2D eigenvalue weighted by molar-refractivity contribution is 7.45. The number of amides is 1. The largest absolute Gasteiger partial charge is 0.756 e. The number of hydrogen-bond donors (Lipinski definition) is 2. The molecule has 0 aliphatic carbocycles. The Morgan fingerprint density at radius 3 is 1.03 bits per heavy atom. The van der Waals surface area contributed by atoms with Gasteiger partial charge in [-0.05, 0) is 38.5 Å². The molecule has 0 aromatic carbocycles. The average Bonchev–Trinajstić information content (AvgIpc) is 3.38. The van der Waals surface area contributed by atoms with Crippen molar-refractivity contribution in [1.29, 1.82) is 0 Å². The summed E-state index contributed by atoms with van der Waals surface area (Å²) in [7, 11) is 1.33. The second-order valence-electron chi connectivity index (χ2n) is 24.9. The lowest BCUT2D eigenvalue weighted by Crippen LogP contribution is -2.46. The number of carbonyl (C=O) groups excluding carboxylic acids is 1. The maximum atomic E-state index is 13.0. The molecule has 3 unspecified atom stereocenters. The number of aliphatic hydroxyl groups is 1. The molecule has 0 aliphatic heterocycles. The summed E-state index contributed by atoms with van der Waals surface area (Å²) >= 11 is 0. The van der Waals surface area contributed by atoms with Crippen molar-refractivity contribution in [3.05, 3.63) is 12.2 Å². The molecule has 0 saturated heterocycles. The van der Waals surface area contributed by atoms with E-state index in [0.29, 0.717) is 23.9 Å². The Hall–Kier alpha value is -0.760. The van der Waals surface area contributed by atoms with Gasteiger partial charge in [0.05, 0.1) is 39.9 Å². The first-order valence-electron chi connectivity index (χ1n) is 34.0. The molecule has 76 heavy (non-hydrogen) atoms. The third kappa shape index (κ3) is 60.9. The zero-order chi connectivity index (χ0) is 55.6. The van der Waals surface area contributed by atoms with Gasteiger partial charge in [0, 0.05) is 6.42 Å². The van der Waals surface area contributed by atoms with E-state index in [4.69, 9.17) is 9.05 Å². The van der Waals surface area contributed by atoms with Gasteiger partial charge in [-0.25, -0.2) is 0 Å². The highest BCUT2D eigenvalue weighted by Gasteiger charge is 2.24. The topological polar surface area (TPSA) is 108 Å². The molecule has 0 fully saturated rings. The van der Waals surface area contributed by atoms with Gasteiger partial charge in [0.1, 0.15) is 13.2 Å². The Morgan fingerprint density at radius 2 is 0.724 bits per heavy atom. The van der Waals surface area contributed by atoms with Crippen molar-refractivity contribution in [1.82, 2.24) is 5.32 Å². The summed E-state index contributed by atoms with van der Waals surface area (Å²) in [5, 5.41) is 14.1. The van der Waals surface area contributed by atoms with Crippen molar-refractivity contribution < 1.29 is 32.9 Å². The monoisotopic (exact) mass is 1100 g/mol. The third-order valence-corrected chi connectivity index (χ3v) is 17.0. The van der Waals surface area contributed by atoms with Crippen molar-refractivity contribution in [3.63, 3.8) is 0 Å². The molecular weight excluding hydrogens is 960 g/mol. The van der Waals surface area contributed by atoms with E-state index in [0.717, 1.165) is 38.5 Å². The van der Waals surface area contributed by atoms with Gasteiger partial charge in [-0.1, -0.05) is 328 Å². The summed E-state index contributed by atoms with van der Waals surface area (Å²) in [5.41, 5.74) is 0. The molecule has 0 aromatic heterocycles. The maximum Gasteiger partial charge on any atom is 0.268 e. The lowest BCUT2D eigenvalue weighted by atomic mass is 10.0. The normalized spacial score (nSPS) is 13.7. The first kappa shape index (κ1) is 75.2. The predicted molar refractivity (Wildman–Crippen MR) is 330 cm³/mol. The van der Waals surface area contributed by atoms with Crippen LogP contribution in [0.1, 0.15) is 361 Å². The Labute approximate surface area is 475 Å². The minimum Gasteiger partial charge on any atom is -0.756 e. The molecule has 9 heteroatoms. The zero-order valence-electron chi connectivity index (χ0n) is 52.0. The second kappa shape index (κ2) is 58.9. The van der Waals surface area contributed by atoms with Crippen LogP contribution in [0.15, 0.2) is 12.2 Å². The van der Waals surface area contributed by atoms with E-state index in [2.05, 4.69) is 31.3 Å². The maximum absolute atomic E-state index is 13.0. The van der Waals surface area contributed by atoms with Crippen molar-refractivity contribution in [2.75, 3.05) is 40.9 Å². The lowest BCUT2D eigenvalue weighted by molar-refractivity contribution is -0.870. The molecule has 0 spiro atoms. The molecule has 0 rings (SSSR count). The van der Waals surface area contributed by atoms with Crippen molar-refractivity contribution in [2.24, 2.45) is 0 Å². The van der Waals surface area contributed by atoms with Crippen LogP contribution >= 0.6 is 7.82 Å².